The molecule has 2 N–H and O–H groups in total. The topological polar surface area (TPSA) is 192 Å². The molecule has 0 spiro atoms. The number of hydrogen-bond donors (Lipinski definition) is 1. The van der Waals surface area contributed by atoms with Gasteiger partial charge in [-0.25, -0.2) is 44.3 Å². The van der Waals surface area contributed by atoms with Gasteiger partial charge in [0.05, 0.1) is 32.3 Å². The molecule has 0 atom stereocenters. The standard InChI is InChI=1S/C24H27ClN6O3S.C19H22BrClN4O2/c1-23(2,3)34-22(33)31(14-24(7-5-8-24)19-17(25)6-4-9-27-19)21-29-11-15(12-30-21)20-28-13-16(35-20)10-18(26)32;1-18(2,3)27-17(26)25(16-23-10-13(20)11-24-16)12-19(7-5-8-19)15-14(21)6-4-9-22-15/h4,6,9,11-13H,5,7-8,10,14H2,1-3H3,(H2,26,32);4,6,9-11H,5,7-8,12H2,1-3H3. The number of carbonyl (C=O) groups is 3. The number of halogens is 3. The minimum absolute atomic E-state index is 0.126. The van der Waals surface area contributed by atoms with Crippen molar-refractivity contribution < 1.29 is 23.9 Å². The maximum absolute atomic E-state index is 13.3. The van der Waals surface area contributed by atoms with Gasteiger partial charge < -0.3 is 15.2 Å². The van der Waals surface area contributed by atoms with Crippen molar-refractivity contribution in [3.63, 3.8) is 0 Å². The third kappa shape index (κ3) is 11.6. The highest BCUT2D eigenvalue weighted by molar-refractivity contribution is 9.10. The third-order valence-electron chi connectivity index (χ3n) is 10.2. The molecule has 2 aliphatic carbocycles. The van der Waals surface area contributed by atoms with E-state index in [2.05, 4.69) is 50.8 Å². The highest BCUT2D eigenvalue weighted by atomic mass is 79.9. The Kier molecular flexibility index (Phi) is 14.5. The Morgan fingerprint density at radius 2 is 1.15 bits per heavy atom. The summed E-state index contributed by atoms with van der Waals surface area (Å²) in [5.41, 5.74) is 5.46. The van der Waals surface area contributed by atoms with Crippen molar-refractivity contribution in [2.75, 3.05) is 22.9 Å². The predicted octanol–water partition coefficient (Wildman–Crippen LogP) is 9.69. The van der Waals surface area contributed by atoms with Crippen LogP contribution in [-0.4, -0.2) is 77.3 Å². The molecule has 15 nitrogen and oxygen atoms in total. The number of hydrogen-bond acceptors (Lipinski definition) is 13. The van der Waals surface area contributed by atoms with E-state index in [0.717, 1.165) is 59.3 Å². The zero-order valence-corrected chi connectivity index (χ0v) is 39.3. The Morgan fingerprint density at radius 1 is 0.710 bits per heavy atom. The van der Waals surface area contributed by atoms with Crippen LogP contribution in [0.5, 0.6) is 0 Å². The maximum Gasteiger partial charge on any atom is 0.417 e. The SMILES string of the molecule is CC(C)(C)OC(=O)N(CC1(c2ncccc2Cl)CCC1)c1ncc(-c2ncc(CC(N)=O)s2)cn1.CC(C)(C)OC(=O)N(CC1(c2ncccc2Cl)CCC1)c1ncc(Br)cn1. The molecule has 0 unspecified atom stereocenters. The fourth-order valence-corrected chi connectivity index (χ4v) is 8.83. The number of thiazole rings is 1. The number of aromatic nitrogens is 7. The Labute approximate surface area is 383 Å². The van der Waals surface area contributed by atoms with E-state index in [4.69, 9.17) is 38.4 Å². The van der Waals surface area contributed by atoms with Crippen LogP contribution in [0.3, 0.4) is 0 Å². The minimum Gasteiger partial charge on any atom is -0.443 e. The molecular weight excluding hydrogens is 919 g/mol. The van der Waals surface area contributed by atoms with Gasteiger partial charge in [0.1, 0.15) is 16.2 Å². The predicted molar refractivity (Wildman–Crippen MR) is 242 cm³/mol. The molecule has 0 bridgehead atoms. The van der Waals surface area contributed by atoms with Gasteiger partial charge in [0.15, 0.2) is 0 Å². The van der Waals surface area contributed by atoms with Crippen molar-refractivity contribution in [1.82, 2.24) is 34.9 Å². The zero-order valence-electron chi connectivity index (χ0n) is 35.4. The average Bonchev–Trinajstić information content (AvgIpc) is 3.62. The first-order valence-electron chi connectivity index (χ1n) is 20.0. The first-order valence-corrected chi connectivity index (χ1v) is 22.4. The van der Waals surface area contributed by atoms with Crippen LogP contribution in [0.15, 0.2) is 72.1 Å². The van der Waals surface area contributed by atoms with E-state index in [1.165, 1.54) is 21.1 Å². The lowest BCUT2D eigenvalue weighted by Gasteiger charge is -2.44. The summed E-state index contributed by atoms with van der Waals surface area (Å²) in [5.74, 6) is 0.0961. The number of ether oxygens (including phenoxy) is 2. The van der Waals surface area contributed by atoms with Gasteiger partial charge in [0, 0.05) is 77.7 Å². The van der Waals surface area contributed by atoms with E-state index in [1.54, 1.807) is 49.4 Å². The second kappa shape index (κ2) is 19.3. The highest BCUT2D eigenvalue weighted by Crippen LogP contribution is 2.47. The number of pyridine rings is 2. The van der Waals surface area contributed by atoms with Crippen LogP contribution in [0.4, 0.5) is 21.5 Å². The summed E-state index contributed by atoms with van der Waals surface area (Å²) in [7, 11) is 0. The van der Waals surface area contributed by atoms with Gasteiger partial charge >= 0.3 is 12.2 Å². The van der Waals surface area contributed by atoms with Gasteiger partial charge in [-0.3, -0.25) is 14.8 Å². The second-order valence-corrected chi connectivity index (χ2v) is 20.2. The molecule has 0 saturated heterocycles. The summed E-state index contributed by atoms with van der Waals surface area (Å²) in [6, 6.07) is 7.24. The second-order valence-electron chi connectivity index (χ2n) is 17.3. The first-order chi connectivity index (χ1) is 29.3. The molecule has 7 rings (SSSR count). The molecule has 5 aromatic rings. The molecule has 0 radical (unpaired) electrons. The van der Waals surface area contributed by atoms with Gasteiger partial charge in [-0.15, -0.1) is 11.3 Å². The van der Waals surface area contributed by atoms with Crippen molar-refractivity contribution in [2.24, 2.45) is 5.73 Å². The number of primary amides is 1. The molecule has 2 saturated carbocycles. The molecule has 3 amide bonds. The van der Waals surface area contributed by atoms with Gasteiger partial charge in [0.2, 0.25) is 17.8 Å². The number of nitrogens with two attached hydrogens (primary N) is 1. The van der Waals surface area contributed by atoms with E-state index in [-0.39, 0.29) is 24.3 Å². The average molecular weight is 969 g/mol. The summed E-state index contributed by atoms with van der Waals surface area (Å²) in [4.78, 5) is 72.0. The molecular formula is C43H49BrCl2N10O5S. The molecule has 0 aliphatic heterocycles. The van der Waals surface area contributed by atoms with Crippen LogP contribution >= 0.6 is 50.5 Å². The van der Waals surface area contributed by atoms with Crippen LogP contribution in [-0.2, 0) is 31.5 Å². The third-order valence-corrected chi connectivity index (χ3v) is 12.2. The van der Waals surface area contributed by atoms with E-state index in [1.807, 2.05) is 59.7 Å². The molecule has 19 heteroatoms. The molecule has 2 fully saturated rings. The summed E-state index contributed by atoms with van der Waals surface area (Å²) >= 11 is 17.6. The molecule has 2 aliphatic rings. The lowest BCUT2D eigenvalue weighted by atomic mass is 9.66. The van der Waals surface area contributed by atoms with Crippen LogP contribution in [0, 0.1) is 0 Å². The van der Waals surface area contributed by atoms with Gasteiger partial charge in [-0.1, -0.05) is 36.0 Å². The lowest BCUT2D eigenvalue weighted by molar-refractivity contribution is -0.117. The number of nitrogens with zero attached hydrogens (tertiary/aromatic N) is 9. The molecule has 62 heavy (non-hydrogen) atoms. The van der Waals surface area contributed by atoms with Crippen LogP contribution in [0.25, 0.3) is 10.6 Å². The lowest BCUT2D eigenvalue weighted by Crippen LogP contribution is -2.50. The van der Waals surface area contributed by atoms with Crippen molar-refractivity contribution in [1.29, 1.82) is 0 Å². The summed E-state index contributed by atoms with van der Waals surface area (Å²) < 4.78 is 12.0. The fraction of sp³-hybridized carbons (Fsp3) is 0.442. The Hall–Kier alpha value is -4.84. The minimum atomic E-state index is -0.692. The van der Waals surface area contributed by atoms with Crippen LogP contribution in [0.2, 0.25) is 10.0 Å². The maximum atomic E-state index is 13.3. The monoisotopic (exact) mass is 966 g/mol. The normalized spacial score (nSPS) is 15.2. The van der Waals surface area contributed by atoms with Crippen molar-refractivity contribution in [3.8, 4) is 10.6 Å². The zero-order chi connectivity index (χ0) is 44.9. The molecule has 328 valence electrons. The van der Waals surface area contributed by atoms with Crippen molar-refractivity contribution >= 4 is 80.5 Å². The first kappa shape index (κ1) is 46.7. The van der Waals surface area contributed by atoms with Gasteiger partial charge in [0.25, 0.3) is 0 Å². The van der Waals surface area contributed by atoms with E-state index >= 15 is 0 Å². The van der Waals surface area contributed by atoms with Crippen molar-refractivity contribution in [3.05, 3.63) is 98.4 Å². The number of rotatable bonds is 11. The Morgan fingerprint density at radius 3 is 1.52 bits per heavy atom. The summed E-state index contributed by atoms with van der Waals surface area (Å²) in [6.45, 7) is 11.6. The smallest absolute Gasteiger partial charge is 0.417 e. The molecule has 5 heterocycles. The summed E-state index contributed by atoms with van der Waals surface area (Å²) in [6.07, 6.45) is 16.1. The number of anilines is 2. The molecule has 5 aromatic heterocycles. The van der Waals surface area contributed by atoms with E-state index in [0.29, 0.717) is 33.1 Å². The van der Waals surface area contributed by atoms with Crippen LogP contribution in [0.1, 0.15) is 96.3 Å². The molecule has 0 aromatic carbocycles. The Balaban J connectivity index is 0.000000214. The Bertz CT molecular complexity index is 2370. The largest absolute Gasteiger partial charge is 0.443 e. The summed E-state index contributed by atoms with van der Waals surface area (Å²) in [5, 5.41) is 1.84. The fourth-order valence-electron chi connectivity index (χ4n) is 7.08. The number of amides is 3. The quantitative estimate of drug-likeness (QED) is 0.132. The van der Waals surface area contributed by atoms with Crippen LogP contribution < -0.4 is 15.5 Å². The highest BCUT2D eigenvalue weighted by Gasteiger charge is 2.46. The van der Waals surface area contributed by atoms with E-state index in [9.17, 15) is 14.4 Å². The van der Waals surface area contributed by atoms with Gasteiger partial charge in [-0.2, -0.15) is 0 Å². The van der Waals surface area contributed by atoms with Gasteiger partial charge in [-0.05, 0) is 107 Å². The number of carbonyl (C=O) groups excluding carboxylic acids is 3. The van der Waals surface area contributed by atoms with E-state index < -0.39 is 34.7 Å². The van der Waals surface area contributed by atoms with Crippen molar-refractivity contribution in [2.45, 2.75) is 109 Å².